The fourth-order valence-electron chi connectivity index (χ4n) is 3.23. The third-order valence-electron chi connectivity index (χ3n) is 4.29. The smallest absolute Gasteiger partial charge is 0.303 e. The zero-order chi connectivity index (χ0) is 13.8. The lowest BCUT2D eigenvalue weighted by atomic mass is 10.1. The van der Waals surface area contributed by atoms with E-state index in [1.54, 1.807) is 0 Å². The first-order valence-electron chi connectivity index (χ1n) is 7.33. The Hall–Kier alpha value is -1.10. The predicted molar refractivity (Wildman–Crippen MR) is 71.9 cm³/mol. The summed E-state index contributed by atoms with van der Waals surface area (Å²) in [7, 11) is 0. The average molecular weight is 268 g/mol. The second-order valence-corrected chi connectivity index (χ2v) is 5.79. The molecule has 0 radical (unpaired) electrons. The molecule has 2 atom stereocenters. The maximum Gasteiger partial charge on any atom is 0.303 e. The summed E-state index contributed by atoms with van der Waals surface area (Å²) >= 11 is 0. The summed E-state index contributed by atoms with van der Waals surface area (Å²) < 4.78 is 0. The van der Waals surface area contributed by atoms with Crippen LogP contribution < -0.4 is 0 Å². The van der Waals surface area contributed by atoms with E-state index >= 15 is 0 Å². The number of piperazine rings is 1. The molecule has 1 N–H and O–H groups in total. The lowest BCUT2D eigenvalue weighted by Gasteiger charge is -2.42. The van der Waals surface area contributed by atoms with Gasteiger partial charge in [-0.15, -0.1) is 0 Å². The lowest BCUT2D eigenvalue weighted by molar-refractivity contribution is -0.139. The number of nitrogens with zero attached hydrogens (tertiary/aromatic N) is 2. The van der Waals surface area contributed by atoms with Crippen LogP contribution in [-0.2, 0) is 9.59 Å². The number of unbranched alkanes of at least 4 members (excludes halogenated alkanes) is 1. The highest BCUT2D eigenvalue weighted by Gasteiger charge is 2.35. The number of aliphatic carboxylic acids is 1. The first-order valence-corrected chi connectivity index (χ1v) is 7.33. The number of carbonyl (C=O) groups is 2. The molecule has 0 spiro atoms. The van der Waals surface area contributed by atoms with Gasteiger partial charge in [-0.05, 0) is 39.2 Å². The standard InChI is InChI=1S/C14H24N2O3/c1-11-9-15-8-4-5-12(15)10-16(11)13(17)6-2-3-7-14(18)19/h11-12H,2-10H2,1H3,(H,18,19). The fraction of sp³-hybridized carbons (Fsp3) is 0.857. The van der Waals surface area contributed by atoms with Crippen LogP contribution in [0.3, 0.4) is 0 Å². The van der Waals surface area contributed by atoms with Gasteiger partial charge in [-0.1, -0.05) is 0 Å². The first kappa shape index (κ1) is 14.3. The number of fused-ring (bicyclic) bond motifs is 1. The van der Waals surface area contributed by atoms with Gasteiger partial charge in [0, 0.05) is 38.0 Å². The Morgan fingerprint density at radius 3 is 2.68 bits per heavy atom. The molecule has 2 rings (SSSR count). The molecule has 0 aromatic carbocycles. The van der Waals surface area contributed by atoms with Crippen molar-refractivity contribution < 1.29 is 14.7 Å². The van der Waals surface area contributed by atoms with E-state index in [1.807, 2.05) is 4.90 Å². The van der Waals surface area contributed by atoms with Crippen molar-refractivity contribution >= 4 is 11.9 Å². The molecule has 0 aromatic heterocycles. The second kappa shape index (κ2) is 6.37. The highest BCUT2D eigenvalue weighted by molar-refractivity contribution is 5.76. The van der Waals surface area contributed by atoms with Crippen molar-refractivity contribution in [2.75, 3.05) is 19.6 Å². The van der Waals surface area contributed by atoms with E-state index in [9.17, 15) is 9.59 Å². The van der Waals surface area contributed by atoms with Gasteiger partial charge in [-0.3, -0.25) is 14.5 Å². The topological polar surface area (TPSA) is 60.9 Å². The Balaban J connectivity index is 1.76. The summed E-state index contributed by atoms with van der Waals surface area (Å²) in [6.07, 6.45) is 4.39. The summed E-state index contributed by atoms with van der Waals surface area (Å²) in [6, 6.07) is 0.848. The van der Waals surface area contributed by atoms with Gasteiger partial charge in [0.05, 0.1) is 0 Å². The van der Waals surface area contributed by atoms with Crippen LogP contribution in [0, 0.1) is 0 Å². The van der Waals surface area contributed by atoms with Crippen LogP contribution in [0.5, 0.6) is 0 Å². The predicted octanol–water partition coefficient (Wildman–Crippen LogP) is 1.33. The van der Waals surface area contributed by atoms with Gasteiger partial charge in [0.1, 0.15) is 0 Å². The Bertz CT molecular complexity index is 346. The van der Waals surface area contributed by atoms with Crippen molar-refractivity contribution in [3.8, 4) is 0 Å². The van der Waals surface area contributed by atoms with Gasteiger partial charge in [0.15, 0.2) is 0 Å². The summed E-state index contributed by atoms with van der Waals surface area (Å²) in [4.78, 5) is 27.1. The van der Waals surface area contributed by atoms with Crippen LogP contribution in [-0.4, -0.2) is 58.5 Å². The molecule has 2 fully saturated rings. The summed E-state index contributed by atoms with van der Waals surface area (Å²) in [5.74, 6) is -0.579. The molecule has 0 aliphatic carbocycles. The molecule has 2 aliphatic rings. The summed E-state index contributed by atoms with van der Waals surface area (Å²) in [5, 5.41) is 8.57. The highest BCUT2D eigenvalue weighted by atomic mass is 16.4. The van der Waals surface area contributed by atoms with Crippen LogP contribution in [0.25, 0.3) is 0 Å². The molecular formula is C14H24N2O3. The van der Waals surface area contributed by atoms with E-state index in [0.717, 1.165) is 13.1 Å². The molecule has 2 aliphatic heterocycles. The molecule has 1 amide bonds. The van der Waals surface area contributed by atoms with E-state index in [-0.39, 0.29) is 12.3 Å². The number of carbonyl (C=O) groups excluding carboxylic acids is 1. The van der Waals surface area contributed by atoms with E-state index < -0.39 is 5.97 Å². The van der Waals surface area contributed by atoms with E-state index in [0.29, 0.717) is 31.3 Å². The van der Waals surface area contributed by atoms with Crippen molar-refractivity contribution in [1.29, 1.82) is 0 Å². The van der Waals surface area contributed by atoms with E-state index in [1.165, 1.54) is 19.4 Å². The highest BCUT2D eigenvalue weighted by Crippen LogP contribution is 2.25. The molecule has 19 heavy (non-hydrogen) atoms. The Kier molecular flexibility index (Phi) is 4.80. The van der Waals surface area contributed by atoms with Gasteiger partial charge in [-0.25, -0.2) is 0 Å². The Morgan fingerprint density at radius 2 is 1.95 bits per heavy atom. The minimum Gasteiger partial charge on any atom is -0.481 e. The number of rotatable bonds is 5. The molecule has 2 unspecified atom stereocenters. The van der Waals surface area contributed by atoms with Gasteiger partial charge in [0.25, 0.3) is 0 Å². The fourth-order valence-corrected chi connectivity index (χ4v) is 3.23. The van der Waals surface area contributed by atoms with Crippen LogP contribution >= 0.6 is 0 Å². The van der Waals surface area contributed by atoms with Crippen molar-refractivity contribution in [3.05, 3.63) is 0 Å². The number of amides is 1. The van der Waals surface area contributed by atoms with Gasteiger partial charge in [-0.2, -0.15) is 0 Å². The third-order valence-corrected chi connectivity index (χ3v) is 4.29. The zero-order valence-electron chi connectivity index (χ0n) is 11.7. The molecule has 2 heterocycles. The molecule has 5 nitrogen and oxygen atoms in total. The maximum absolute atomic E-state index is 12.2. The van der Waals surface area contributed by atoms with Crippen molar-refractivity contribution in [3.63, 3.8) is 0 Å². The molecule has 108 valence electrons. The van der Waals surface area contributed by atoms with Gasteiger partial charge >= 0.3 is 5.97 Å². The molecule has 0 saturated carbocycles. The quantitative estimate of drug-likeness (QED) is 0.764. The van der Waals surface area contributed by atoms with Crippen molar-refractivity contribution in [1.82, 2.24) is 9.80 Å². The molecular weight excluding hydrogens is 244 g/mol. The lowest BCUT2D eigenvalue weighted by Crippen LogP contribution is -2.56. The Morgan fingerprint density at radius 1 is 1.21 bits per heavy atom. The second-order valence-electron chi connectivity index (χ2n) is 5.79. The van der Waals surface area contributed by atoms with Crippen LogP contribution in [0.4, 0.5) is 0 Å². The van der Waals surface area contributed by atoms with Crippen LogP contribution in [0.1, 0.15) is 45.4 Å². The number of carboxylic acid groups (broad SMARTS) is 1. The van der Waals surface area contributed by atoms with Gasteiger partial charge < -0.3 is 10.0 Å². The van der Waals surface area contributed by atoms with Gasteiger partial charge in [0.2, 0.25) is 5.91 Å². The normalized spacial score (nSPS) is 27.3. The average Bonchev–Trinajstić information content (AvgIpc) is 2.80. The molecule has 5 heteroatoms. The summed E-state index contributed by atoms with van der Waals surface area (Å²) in [5.41, 5.74) is 0. The minimum atomic E-state index is -0.777. The number of hydrogen-bond donors (Lipinski definition) is 1. The monoisotopic (exact) mass is 268 g/mol. The number of carboxylic acids is 1. The van der Waals surface area contributed by atoms with E-state index in [4.69, 9.17) is 5.11 Å². The third kappa shape index (κ3) is 3.69. The van der Waals surface area contributed by atoms with Crippen molar-refractivity contribution in [2.24, 2.45) is 0 Å². The SMILES string of the molecule is CC1CN2CCCC2CN1C(=O)CCCCC(=O)O. The summed E-state index contributed by atoms with van der Waals surface area (Å²) in [6.45, 7) is 5.14. The first-order chi connectivity index (χ1) is 9.08. The number of hydrogen-bond acceptors (Lipinski definition) is 3. The van der Waals surface area contributed by atoms with E-state index in [2.05, 4.69) is 11.8 Å². The zero-order valence-corrected chi connectivity index (χ0v) is 11.7. The minimum absolute atomic E-state index is 0.166. The van der Waals surface area contributed by atoms with Crippen molar-refractivity contribution in [2.45, 2.75) is 57.5 Å². The molecule has 0 aromatic rings. The maximum atomic E-state index is 12.2. The Labute approximate surface area is 114 Å². The molecule has 2 saturated heterocycles. The van der Waals surface area contributed by atoms with Crippen LogP contribution in [0.2, 0.25) is 0 Å². The largest absolute Gasteiger partial charge is 0.481 e. The van der Waals surface area contributed by atoms with Crippen LogP contribution in [0.15, 0.2) is 0 Å². The molecule has 0 bridgehead atoms.